The Morgan fingerprint density at radius 1 is 1.02 bits per heavy atom. The fourth-order valence-electron chi connectivity index (χ4n) is 7.02. The van der Waals surface area contributed by atoms with Gasteiger partial charge in [-0.1, -0.05) is 19.9 Å². The van der Waals surface area contributed by atoms with Crippen molar-refractivity contribution in [2.75, 3.05) is 50.8 Å². The molecule has 258 valence electrons. The number of hydrogen-bond acceptors (Lipinski definition) is 7. The van der Waals surface area contributed by atoms with E-state index in [1.54, 1.807) is 15.9 Å². The largest absolute Gasteiger partial charge is 0.444 e. The van der Waals surface area contributed by atoms with Crippen molar-refractivity contribution in [3.63, 3.8) is 0 Å². The number of fused-ring (bicyclic) bond motifs is 1. The number of carbonyl (C=O) groups excluding carboxylic acids is 2. The lowest BCUT2D eigenvalue weighted by Crippen LogP contribution is -2.65. The molecule has 1 N–H and O–H groups in total. The van der Waals surface area contributed by atoms with E-state index < -0.39 is 22.7 Å². The zero-order valence-electron chi connectivity index (χ0n) is 28.9. The first-order valence-corrected chi connectivity index (χ1v) is 16.5. The fourth-order valence-corrected chi connectivity index (χ4v) is 7.02. The number of H-pyrrole nitrogens is 1. The minimum Gasteiger partial charge on any atom is -0.444 e. The van der Waals surface area contributed by atoms with Gasteiger partial charge in [0, 0.05) is 79.5 Å². The lowest BCUT2D eigenvalue weighted by atomic mass is 9.91. The van der Waals surface area contributed by atoms with Crippen molar-refractivity contribution in [2.24, 2.45) is 0 Å². The molecule has 0 aliphatic carbocycles. The second kappa shape index (κ2) is 13.3. The maximum Gasteiger partial charge on any atom is 0.410 e. The number of aromatic nitrogens is 1. The van der Waals surface area contributed by atoms with Gasteiger partial charge in [-0.2, -0.15) is 0 Å². The molecule has 0 spiro atoms. The number of ether oxygens (including phenoxy) is 2. The minimum absolute atomic E-state index is 0.0423. The quantitative estimate of drug-likeness (QED) is 0.495. The number of nitrogens with zero attached hydrogens (tertiary/aromatic N) is 4. The van der Waals surface area contributed by atoms with Crippen LogP contribution in [0, 0.1) is 11.6 Å². The lowest BCUT2D eigenvalue weighted by molar-refractivity contribution is -0.122. The van der Waals surface area contributed by atoms with E-state index in [2.05, 4.69) is 28.6 Å². The number of rotatable bonds is 6. The van der Waals surface area contributed by atoms with E-state index in [4.69, 9.17) is 9.47 Å². The maximum absolute atomic E-state index is 14.5. The highest BCUT2D eigenvalue weighted by molar-refractivity contribution is 5.97. The van der Waals surface area contributed by atoms with Crippen LogP contribution in [0.15, 0.2) is 29.1 Å². The number of carbonyl (C=O) groups is 2. The van der Waals surface area contributed by atoms with Gasteiger partial charge in [0.15, 0.2) is 0 Å². The van der Waals surface area contributed by atoms with Gasteiger partial charge in [0.1, 0.15) is 17.2 Å². The standard InChI is InChI=1S/C35H49F2N5O5/c1-21-14-39(27(15-40-22(2)18-46-19-23(40)3)16-41(21)33(45)47-34(4,5)6)17-30(43)42-20-35(7,8)31-29(42)12-25(32(44)38-31)11-24-9-10-26(36)13-28(24)37/h9-10,12-13,21-23,27H,11,14-20H2,1-8H3,(H,38,44)/t21-,22-,23-,27+/m1/s1. The van der Waals surface area contributed by atoms with Crippen LogP contribution in [0.4, 0.5) is 19.3 Å². The first kappa shape index (κ1) is 35.0. The molecule has 47 heavy (non-hydrogen) atoms. The molecule has 0 unspecified atom stereocenters. The predicted octanol–water partition coefficient (Wildman–Crippen LogP) is 4.29. The minimum atomic E-state index is -0.729. The molecule has 12 heteroatoms. The van der Waals surface area contributed by atoms with E-state index in [0.29, 0.717) is 50.8 Å². The molecular weight excluding hydrogens is 608 g/mol. The molecule has 2 aromatic rings. The summed E-state index contributed by atoms with van der Waals surface area (Å²) in [5.41, 5.74) is 0.195. The first-order valence-electron chi connectivity index (χ1n) is 16.5. The third-order valence-corrected chi connectivity index (χ3v) is 9.51. The number of amides is 2. The van der Waals surface area contributed by atoms with Crippen molar-refractivity contribution in [3.8, 4) is 0 Å². The van der Waals surface area contributed by atoms with Gasteiger partial charge in [-0.25, -0.2) is 13.6 Å². The van der Waals surface area contributed by atoms with Crippen LogP contribution >= 0.6 is 0 Å². The molecule has 2 fully saturated rings. The summed E-state index contributed by atoms with van der Waals surface area (Å²) in [7, 11) is 0. The van der Waals surface area contributed by atoms with Gasteiger partial charge in [0.25, 0.3) is 5.56 Å². The van der Waals surface area contributed by atoms with Crippen LogP contribution in [0.25, 0.3) is 0 Å². The summed E-state index contributed by atoms with van der Waals surface area (Å²) < 4.78 is 39.5. The lowest BCUT2D eigenvalue weighted by Gasteiger charge is -2.48. The number of nitrogens with one attached hydrogen (secondary N) is 1. The molecule has 1 aromatic heterocycles. The highest BCUT2D eigenvalue weighted by Gasteiger charge is 2.43. The van der Waals surface area contributed by atoms with E-state index >= 15 is 0 Å². The normalized spacial score (nSPS) is 25.1. The number of halogens is 2. The van der Waals surface area contributed by atoms with Crippen LogP contribution in [0.1, 0.15) is 72.2 Å². The SMILES string of the molecule is C[C@@H]1CN(CC(=O)N2CC(C)(C)c3[nH]c(=O)c(Cc4ccc(F)cc4F)cc32)[C@@H](CN2[C@H](C)COC[C@H]2C)CN1C(=O)OC(C)(C)C. The zero-order chi connectivity index (χ0) is 34.4. The zero-order valence-corrected chi connectivity index (χ0v) is 28.9. The van der Waals surface area contributed by atoms with Crippen molar-refractivity contribution in [1.82, 2.24) is 19.7 Å². The second-order valence-electron chi connectivity index (χ2n) is 15.2. The topological polar surface area (TPSA) is 98.4 Å². The fraction of sp³-hybridized carbons (Fsp3) is 0.629. The molecule has 5 rings (SSSR count). The molecule has 10 nitrogen and oxygen atoms in total. The average Bonchev–Trinajstić information content (AvgIpc) is 3.22. The van der Waals surface area contributed by atoms with Crippen LogP contribution in [-0.4, -0.2) is 107 Å². The van der Waals surface area contributed by atoms with Crippen molar-refractivity contribution in [2.45, 2.75) is 97.0 Å². The summed E-state index contributed by atoms with van der Waals surface area (Å²) >= 11 is 0. The van der Waals surface area contributed by atoms with Crippen LogP contribution in [0.2, 0.25) is 0 Å². The Morgan fingerprint density at radius 3 is 2.34 bits per heavy atom. The Hall–Kier alpha value is -3.35. The van der Waals surface area contributed by atoms with Gasteiger partial charge >= 0.3 is 6.09 Å². The number of hydrogen-bond donors (Lipinski definition) is 1. The Balaban J connectivity index is 1.41. The van der Waals surface area contributed by atoms with Crippen LogP contribution in [-0.2, 0) is 26.1 Å². The molecule has 3 aliphatic rings. The van der Waals surface area contributed by atoms with Gasteiger partial charge in [0.05, 0.1) is 25.4 Å². The monoisotopic (exact) mass is 657 g/mol. The number of aromatic amines is 1. The molecule has 0 radical (unpaired) electrons. The van der Waals surface area contributed by atoms with Gasteiger partial charge in [-0.15, -0.1) is 0 Å². The number of pyridine rings is 1. The third kappa shape index (κ3) is 7.70. The van der Waals surface area contributed by atoms with Crippen molar-refractivity contribution >= 4 is 17.7 Å². The molecule has 2 saturated heterocycles. The molecular formula is C35H49F2N5O5. The summed E-state index contributed by atoms with van der Waals surface area (Å²) in [6, 6.07) is 4.99. The molecule has 3 aliphatic heterocycles. The Labute approximate surface area is 276 Å². The maximum atomic E-state index is 14.5. The molecule has 2 amide bonds. The number of morpholine rings is 1. The van der Waals surface area contributed by atoms with Crippen molar-refractivity contribution in [3.05, 3.63) is 63.1 Å². The summed E-state index contributed by atoms with van der Waals surface area (Å²) in [4.78, 5) is 51.6. The Bertz CT molecular complexity index is 1550. The van der Waals surface area contributed by atoms with E-state index in [-0.39, 0.29) is 65.8 Å². The molecule has 0 saturated carbocycles. The predicted molar refractivity (Wildman–Crippen MR) is 176 cm³/mol. The third-order valence-electron chi connectivity index (χ3n) is 9.51. The summed E-state index contributed by atoms with van der Waals surface area (Å²) in [5, 5.41) is 0. The van der Waals surface area contributed by atoms with E-state index in [9.17, 15) is 23.2 Å². The molecule has 1 aromatic carbocycles. The van der Waals surface area contributed by atoms with E-state index in [1.807, 2.05) is 41.5 Å². The second-order valence-corrected chi connectivity index (χ2v) is 15.2. The Morgan fingerprint density at radius 2 is 1.70 bits per heavy atom. The first-order chi connectivity index (χ1) is 21.9. The van der Waals surface area contributed by atoms with Gasteiger partial charge in [0.2, 0.25) is 5.91 Å². The number of piperazine rings is 1. The van der Waals surface area contributed by atoms with Gasteiger partial charge in [-0.3, -0.25) is 19.4 Å². The Kier molecular flexibility index (Phi) is 9.88. The van der Waals surface area contributed by atoms with Crippen LogP contribution in [0.5, 0.6) is 0 Å². The summed E-state index contributed by atoms with van der Waals surface area (Å²) in [6.45, 7) is 19.0. The van der Waals surface area contributed by atoms with Gasteiger partial charge < -0.3 is 24.3 Å². The van der Waals surface area contributed by atoms with Gasteiger partial charge in [-0.05, 0) is 59.2 Å². The summed E-state index contributed by atoms with van der Waals surface area (Å²) in [5.74, 6) is -1.55. The average molecular weight is 658 g/mol. The van der Waals surface area contributed by atoms with Crippen LogP contribution < -0.4 is 10.5 Å². The van der Waals surface area contributed by atoms with Crippen molar-refractivity contribution in [1.29, 1.82) is 0 Å². The van der Waals surface area contributed by atoms with E-state index in [1.165, 1.54) is 6.07 Å². The molecule has 0 bridgehead atoms. The van der Waals surface area contributed by atoms with Crippen molar-refractivity contribution < 1.29 is 27.8 Å². The highest BCUT2D eigenvalue weighted by Crippen LogP contribution is 2.39. The summed E-state index contributed by atoms with van der Waals surface area (Å²) in [6.07, 6.45) is -0.410. The highest BCUT2D eigenvalue weighted by atomic mass is 19.1. The van der Waals surface area contributed by atoms with E-state index in [0.717, 1.165) is 12.1 Å². The smallest absolute Gasteiger partial charge is 0.410 e. The molecule has 4 atom stereocenters. The number of benzene rings is 1. The van der Waals surface area contributed by atoms with Crippen LogP contribution in [0.3, 0.4) is 0 Å². The number of anilines is 1. The molecule has 4 heterocycles.